The van der Waals surface area contributed by atoms with E-state index in [2.05, 4.69) is 29.3 Å². The van der Waals surface area contributed by atoms with Gasteiger partial charge in [0, 0.05) is 37.4 Å². The first-order chi connectivity index (χ1) is 12.0. The number of nitrogens with zero attached hydrogens (tertiary/aromatic N) is 6. The lowest BCUT2D eigenvalue weighted by atomic mass is 9.97. The van der Waals surface area contributed by atoms with Gasteiger partial charge in [-0.1, -0.05) is 0 Å². The number of carbonyl (C=O) groups excluding carboxylic acids is 1. The highest BCUT2D eigenvalue weighted by atomic mass is 16.2. The van der Waals surface area contributed by atoms with Gasteiger partial charge in [0.25, 0.3) is 0 Å². The van der Waals surface area contributed by atoms with E-state index in [-0.39, 0.29) is 24.5 Å². The van der Waals surface area contributed by atoms with E-state index in [4.69, 9.17) is 0 Å². The number of carbonyl (C=O) groups is 1. The summed E-state index contributed by atoms with van der Waals surface area (Å²) in [6, 6.07) is 8.51. The van der Waals surface area contributed by atoms with E-state index < -0.39 is 0 Å². The molecule has 1 aliphatic rings. The van der Waals surface area contributed by atoms with Crippen molar-refractivity contribution in [3.05, 3.63) is 24.3 Å². The quantitative estimate of drug-likeness (QED) is 0.852. The van der Waals surface area contributed by atoms with Crippen LogP contribution >= 0.6 is 0 Å². The number of likely N-dealkylation sites (tertiary alicyclic amines) is 1. The monoisotopic (exact) mass is 342 g/mol. The molecule has 0 N–H and O–H groups in total. The van der Waals surface area contributed by atoms with Crippen LogP contribution in [0.2, 0.25) is 0 Å². The van der Waals surface area contributed by atoms with Crippen molar-refractivity contribution < 1.29 is 4.79 Å². The Balaban J connectivity index is 1.70. The average Bonchev–Trinajstić information content (AvgIpc) is 3.03. The van der Waals surface area contributed by atoms with Crippen LogP contribution in [0.1, 0.15) is 33.1 Å². The molecular formula is C18H26N6O. The minimum Gasteiger partial charge on any atom is -0.378 e. The standard InChI is InChI=1S/C18H26N6O/c1-13-6-5-7-14(2)24(13)17(25)12-23-20-18(19-21-23)15-8-10-16(11-9-15)22(3)4/h8-11,13-14H,5-7,12H2,1-4H3/t13-,14+. The molecule has 1 aromatic heterocycles. The summed E-state index contributed by atoms with van der Waals surface area (Å²) in [7, 11) is 4.00. The van der Waals surface area contributed by atoms with Gasteiger partial charge in [-0.25, -0.2) is 0 Å². The van der Waals surface area contributed by atoms with Crippen LogP contribution in [-0.2, 0) is 11.3 Å². The lowest BCUT2D eigenvalue weighted by Crippen LogP contribution is -2.48. The maximum Gasteiger partial charge on any atom is 0.246 e. The van der Waals surface area contributed by atoms with Crippen LogP contribution in [0.3, 0.4) is 0 Å². The van der Waals surface area contributed by atoms with E-state index in [1.807, 2.05) is 48.2 Å². The molecule has 0 bridgehead atoms. The van der Waals surface area contributed by atoms with E-state index in [9.17, 15) is 4.79 Å². The number of aromatic nitrogens is 4. The minimum atomic E-state index is 0.0617. The second-order valence-corrected chi connectivity index (χ2v) is 7.01. The second kappa shape index (κ2) is 7.21. The minimum absolute atomic E-state index is 0.0617. The Hall–Kier alpha value is -2.44. The van der Waals surface area contributed by atoms with Crippen molar-refractivity contribution in [1.29, 1.82) is 0 Å². The summed E-state index contributed by atoms with van der Waals surface area (Å²) < 4.78 is 0. The number of anilines is 1. The molecule has 1 aromatic carbocycles. The number of piperidine rings is 1. The molecule has 2 heterocycles. The largest absolute Gasteiger partial charge is 0.378 e. The normalized spacial score (nSPS) is 20.6. The van der Waals surface area contributed by atoms with Gasteiger partial charge in [-0.2, -0.15) is 4.80 Å². The third-order valence-corrected chi connectivity index (χ3v) is 4.85. The summed E-state index contributed by atoms with van der Waals surface area (Å²) in [6.45, 7) is 4.36. The van der Waals surface area contributed by atoms with Crippen LogP contribution < -0.4 is 4.90 Å². The third-order valence-electron chi connectivity index (χ3n) is 4.85. The third kappa shape index (κ3) is 3.81. The number of tetrazole rings is 1. The molecule has 134 valence electrons. The highest BCUT2D eigenvalue weighted by molar-refractivity contribution is 5.76. The van der Waals surface area contributed by atoms with Crippen molar-refractivity contribution in [2.75, 3.05) is 19.0 Å². The van der Waals surface area contributed by atoms with Crippen molar-refractivity contribution in [3.63, 3.8) is 0 Å². The molecule has 2 atom stereocenters. The molecule has 2 aromatic rings. The van der Waals surface area contributed by atoms with Crippen molar-refractivity contribution in [2.24, 2.45) is 0 Å². The Morgan fingerprint density at radius 3 is 2.40 bits per heavy atom. The molecule has 0 spiro atoms. The number of hydrogen-bond donors (Lipinski definition) is 0. The van der Waals surface area contributed by atoms with Gasteiger partial charge in [0.05, 0.1) is 0 Å². The van der Waals surface area contributed by atoms with E-state index in [1.54, 1.807) is 0 Å². The predicted octanol–water partition coefficient (Wildman–Crippen LogP) is 2.20. The molecule has 1 amide bonds. The topological polar surface area (TPSA) is 67.2 Å². The second-order valence-electron chi connectivity index (χ2n) is 7.01. The van der Waals surface area contributed by atoms with Crippen molar-refractivity contribution in [1.82, 2.24) is 25.1 Å². The fourth-order valence-electron chi connectivity index (χ4n) is 3.45. The molecule has 7 heteroatoms. The van der Waals surface area contributed by atoms with Gasteiger partial charge in [-0.05, 0) is 62.6 Å². The Morgan fingerprint density at radius 1 is 1.16 bits per heavy atom. The lowest BCUT2D eigenvalue weighted by Gasteiger charge is -2.38. The van der Waals surface area contributed by atoms with Gasteiger partial charge in [-0.3, -0.25) is 4.79 Å². The molecule has 0 aliphatic carbocycles. The lowest BCUT2D eigenvalue weighted by molar-refractivity contribution is -0.138. The van der Waals surface area contributed by atoms with E-state index in [0.717, 1.165) is 24.1 Å². The Bertz CT molecular complexity index is 713. The smallest absolute Gasteiger partial charge is 0.246 e. The van der Waals surface area contributed by atoms with Crippen molar-refractivity contribution in [2.45, 2.75) is 51.7 Å². The van der Waals surface area contributed by atoms with Crippen LogP contribution in [0.15, 0.2) is 24.3 Å². The van der Waals surface area contributed by atoms with Crippen molar-refractivity contribution >= 4 is 11.6 Å². The SMILES string of the molecule is C[C@@H]1CCC[C@H](C)N1C(=O)Cn1nnc(-c2ccc(N(C)C)cc2)n1. The Morgan fingerprint density at radius 2 is 1.80 bits per heavy atom. The number of hydrogen-bond acceptors (Lipinski definition) is 5. The van der Waals surface area contributed by atoms with E-state index in [0.29, 0.717) is 5.82 Å². The molecule has 25 heavy (non-hydrogen) atoms. The van der Waals surface area contributed by atoms with Gasteiger partial charge in [0.2, 0.25) is 11.7 Å². The Labute approximate surface area is 148 Å². The maximum atomic E-state index is 12.6. The Kier molecular flexibility index (Phi) is 5.01. The van der Waals surface area contributed by atoms with Gasteiger partial charge in [0.15, 0.2) is 0 Å². The van der Waals surface area contributed by atoms with E-state index in [1.165, 1.54) is 11.2 Å². The molecular weight excluding hydrogens is 316 g/mol. The number of rotatable bonds is 4. The number of benzene rings is 1. The van der Waals surface area contributed by atoms with Gasteiger partial charge in [0.1, 0.15) is 6.54 Å². The molecule has 1 fully saturated rings. The van der Waals surface area contributed by atoms with Gasteiger partial charge < -0.3 is 9.80 Å². The molecule has 3 rings (SSSR count). The van der Waals surface area contributed by atoms with Crippen LogP contribution in [0.25, 0.3) is 11.4 Å². The summed E-state index contributed by atoms with van der Waals surface area (Å²) >= 11 is 0. The predicted molar refractivity (Wildman–Crippen MR) is 97.2 cm³/mol. The fraction of sp³-hybridized carbons (Fsp3) is 0.556. The summed E-state index contributed by atoms with van der Waals surface area (Å²) in [6.07, 6.45) is 3.30. The highest BCUT2D eigenvalue weighted by Gasteiger charge is 2.29. The number of amides is 1. The zero-order valence-corrected chi connectivity index (χ0v) is 15.4. The molecule has 0 saturated carbocycles. The van der Waals surface area contributed by atoms with Crippen LogP contribution in [0, 0.1) is 0 Å². The first-order valence-electron chi connectivity index (χ1n) is 8.82. The summed E-state index contributed by atoms with van der Waals surface area (Å²) in [5, 5.41) is 12.5. The van der Waals surface area contributed by atoms with Gasteiger partial charge >= 0.3 is 0 Å². The average molecular weight is 342 g/mol. The summed E-state index contributed by atoms with van der Waals surface area (Å²) in [5.41, 5.74) is 2.00. The molecule has 1 aliphatic heterocycles. The van der Waals surface area contributed by atoms with Crippen LogP contribution in [-0.4, -0.2) is 57.2 Å². The van der Waals surface area contributed by atoms with Crippen LogP contribution in [0.5, 0.6) is 0 Å². The van der Waals surface area contributed by atoms with E-state index >= 15 is 0 Å². The fourth-order valence-corrected chi connectivity index (χ4v) is 3.45. The summed E-state index contributed by atoms with van der Waals surface area (Å²) in [4.78, 5) is 18.0. The first-order valence-corrected chi connectivity index (χ1v) is 8.82. The zero-order valence-electron chi connectivity index (χ0n) is 15.4. The molecule has 0 unspecified atom stereocenters. The molecule has 7 nitrogen and oxygen atoms in total. The van der Waals surface area contributed by atoms with Gasteiger partial charge in [-0.15, -0.1) is 10.2 Å². The zero-order chi connectivity index (χ0) is 18.0. The van der Waals surface area contributed by atoms with Crippen LogP contribution in [0.4, 0.5) is 5.69 Å². The highest BCUT2D eigenvalue weighted by Crippen LogP contribution is 2.23. The molecule has 0 radical (unpaired) electrons. The maximum absolute atomic E-state index is 12.6. The van der Waals surface area contributed by atoms with Crippen molar-refractivity contribution in [3.8, 4) is 11.4 Å². The summed E-state index contributed by atoms with van der Waals surface area (Å²) in [5.74, 6) is 0.601. The first kappa shape index (κ1) is 17.4. The molecule has 1 saturated heterocycles.